The Morgan fingerprint density at radius 1 is 1.21 bits per heavy atom. The predicted molar refractivity (Wildman–Crippen MR) is 92.4 cm³/mol. The van der Waals surface area contributed by atoms with E-state index in [2.05, 4.69) is 11.1 Å². The Kier molecular flexibility index (Phi) is 4.89. The molecular formula is C19H21N3O2. The van der Waals surface area contributed by atoms with Gasteiger partial charge in [-0.05, 0) is 29.7 Å². The van der Waals surface area contributed by atoms with Gasteiger partial charge in [0.2, 0.25) is 11.8 Å². The third-order valence-corrected chi connectivity index (χ3v) is 4.33. The maximum Gasteiger partial charge on any atom is 0.228 e. The predicted octanol–water partition coefficient (Wildman–Crippen LogP) is 2.41. The van der Waals surface area contributed by atoms with E-state index >= 15 is 0 Å². The number of fused-ring (bicyclic) bond motifs is 1. The summed E-state index contributed by atoms with van der Waals surface area (Å²) in [4.78, 5) is 32.0. The first-order valence-corrected chi connectivity index (χ1v) is 8.18. The zero-order valence-electron chi connectivity index (χ0n) is 13.8. The molecule has 5 heteroatoms. The lowest BCUT2D eigenvalue weighted by Crippen LogP contribution is -2.35. The topological polar surface area (TPSA) is 53.5 Å². The van der Waals surface area contributed by atoms with Crippen LogP contribution in [0.3, 0.4) is 0 Å². The fourth-order valence-electron chi connectivity index (χ4n) is 3.02. The van der Waals surface area contributed by atoms with Crippen molar-refractivity contribution < 1.29 is 9.59 Å². The fourth-order valence-corrected chi connectivity index (χ4v) is 3.02. The van der Waals surface area contributed by atoms with Crippen molar-refractivity contribution in [3.63, 3.8) is 0 Å². The average molecular weight is 323 g/mol. The molecule has 0 unspecified atom stereocenters. The van der Waals surface area contributed by atoms with Gasteiger partial charge in [0.25, 0.3) is 0 Å². The molecule has 1 aliphatic rings. The van der Waals surface area contributed by atoms with E-state index < -0.39 is 0 Å². The Morgan fingerprint density at radius 2 is 2.04 bits per heavy atom. The Balaban J connectivity index is 1.61. The Bertz CT molecular complexity index is 730. The van der Waals surface area contributed by atoms with E-state index in [0.29, 0.717) is 19.5 Å². The molecule has 0 atom stereocenters. The summed E-state index contributed by atoms with van der Waals surface area (Å²) < 4.78 is 0. The summed E-state index contributed by atoms with van der Waals surface area (Å²) in [6.45, 7) is 3.15. The van der Waals surface area contributed by atoms with Gasteiger partial charge in [-0.25, -0.2) is 0 Å². The van der Waals surface area contributed by atoms with Gasteiger partial charge >= 0.3 is 0 Å². The molecule has 2 heterocycles. The van der Waals surface area contributed by atoms with Crippen LogP contribution in [0.25, 0.3) is 0 Å². The molecule has 1 aromatic heterocycles. The van der Waals surface area contributed by atoms with Crippen LogP contribution >= 0.6 is 0 Å². The highest BCUT2D eigenvalue weighted by Gasteiger charge is 2.24. The van der Waals surface area contributed by atoms with Crippen LogP contribution in [0.15, 0.2) is 48.8 Å². The second kappa shape index (κ2) is 7.25. The number of rotatable bonds is 5. The lowest BCUT2D eigenvalue weighted by molar-refractivity contribution is -0.130. The summed E-state index contributed by atoms with van der Waals surface area (Å²) in [5.74, 6) is 0.0332. The smallest absolute Gasteiger partial charge is 0.228 e. The minimum atomic E-state index is -0.0338. The van der Waals surface area contributed by atoms with Crippen LogP contribution < -0.4 is 4.90 Å². The second-order valence-corrected chi connectivity index (χ2v) is 5.98. The third-order valence-electron chi connectivity index (χ3n) is 4.33. The molecule has 24 heavy (non-hydrogen) atoms. The number of anilines is 1. The summed E-state index contributed by atoms with van der Waals surface area (Å²) in [7, 11) is 0. The molecule has 0 saturated carbocycles. The first kappa shape index (κ1) is 16.2. The van der Waals surface area contributed by atoms with Crippen LogP contribution in [0.1, 0.15) is 24.5 Å². The van der Waals surface area contributed by atoms with E-state index in [1.165, 1.54) is 12.5 Å². The van der Waals surface area contributed by atoms with Gasteiger partial charge < -0.3 is 9.80 Å². The summed E-state index contributed by atoms with van der Waals surface area (Å²) >= 11 is 0. The molecule has 0 fully saturated rings. The zero-order valence-corrected chi connectivity index (χ0v) is 13.8. The highest BCUT2D eigenvalue weighted by Crippen LogP contribution is 2.27. The number of aromatic nitrogens is 1. The molecule has 5 nitrogen and oxygen atoms in total. The van der Waals surface area contributed by atoms with Crippen LogP contribution in [0.2, 0.25) is 0 Å². The van der Waals surface area contributed by atoms with Gasteiger partial charge in [-0.1, -0.05) is 24.3 Å². The molecule has 2 aromatic rings. The number of benzene rings is 1. The number of hydrogen-bond donors (Lipinski definition) is 0. The quantitative estimate of drug-likeness (QED) is 0.849. The normalized spacial score (nSPS) is 12.8. The number of hydrogen-bond acceptors (Lipinski definition) is 3. The number of amides is 2. The first-order chi connectivity index (χ1) is 11.6. The van der Waals surface area contributed by atoms with E-state index in [9.17, 15) is 9.59 Å². The van der Waals surface area contributed by atoms with Gasteiger partial charge in [-0.15, -0.1) is 0 Å². The Morgan fingerprint density at radius 3 is 2.79 bits per heavy atom. The van der Waals surface area contributed by atoms with E-state index in [1.54, 1.807) is 17.3 Å². The van der Waals surface area contributed by atoms with Gasteiger partial charge in [-0.3, -0.25) is 14.6 Å². The highest BCUT2D eigenvalue weighted by molar-refractivity contribution is 5.95. The van der Waals surface area contributed by atoms with Crippen LogP contribution in [-0.4, -0.2) is 34.8 Å². The Hall–Kier alpha value is -2.69. The van der Waals surface area contributed by atoms with Crippen molar-refractivity contribution in [1.29, 1.82) is 0 Å². The molecule has 0 spiro atoms. The van der Waals surface area contributed by atoms with E-state index in [4.69, 9.17) is 0 Å². The summed E-state index contributed by atoms with van der Waals surface area (Å²) in [6, 6.07) is 11.8. The number of nitrogens with zero attached hydrogens (tertiary/aromatic N) is 3. The van der Waals surface area contributed by atoms with Crippen LogP contribution in [0.4, 0.5) is 5.69 Å². The number of pyridine rings is 1. The molecule has 0 bridgehead atoms. The van der Waals surface area contributed by atoms with Gasteiger partial charge in [0, 0.05) is 51.1 Å². The lowest BCUT2D eigenvalue weighted by Gasteiger charge is -2.23. The first-order valence-electron chi connectivity index (χ1n) is 8.18. The van der Waals surface area contributed by atoms with Crippen molar-refractivity contribution in [2.24, 2.45) is 0 Å². The second-order valence-electron chi connectivity index (χ2n) is 5.98. The summed E-state index contributed by atoms with van der Waals surface area (Å²) in [5, 5.41) is 0. The fraction of sp³-hybridized carbons (Fsp3) is 0.316. The molecule has 1 aromatic carbocycles. The minimum Gasteiger partial charge on any atom is -0.338 e. The zero-order chi connectivity index (χ0) is 16.9. The molecule has 0 radical (unpaired) electrons. The maximum absolute atomic E-state index is 12.6. The van der Waals surface area contributed by atoms with Crippen molar-refractivity contribution in [2.45, 2.75) is 26.3 Å². The molecule has 124 valence electrons. The number of carbonyl (C=O) groups excluding carboxylic acids is 2. The van der Waals surface area contributed by atoms with E-state index in [0.717, 1.165) is 24.2 Å². The van der Waals surface area contributed by atoms with Gasteiger partial charge in [0.1, 0.15) is 0 Å². The lowest BCUT2D eigenvalue weighted by atomic mass is 10.2. The van der Waals surface area contributed by atoms with Crippen molar-refractivity contribution in [3.05, 3.63) is 59.9 Å². The largest absolute Gasteiger partial charge is 0.338 e. The van der Waals surface area contributed by atoms with E-state index in [-0.39, 0.29) is 11.8 Å². The third kappa shape index (κ3) is 3.62. The van der Waals surface area contributed by atoms with Crippen LogP contribution in [0.5, 0.6) is 0 Å². The molecule has 1 aliphatic heterocycles. The van der Waals surface area contributed by atoms with Gasteiger partial charge in [-0.2, -0.15) is 0 Å². The van der Waals surface area contributed by atoms with E-state index in [1.807, 2.05) is 35.2 Å². The molecule has 0 saturated heterocycles. The molecule has 0 N–H and O–H groups in total. The molecular weight excluding hydrogens is 302 g/mol. The summed E-state index contributed by atoms with van der Waals surface area (Å²) in [6.07, 6.45) is 4.67. The molecule has 2 amide bonds. The monoisotopic (exact) mass is 323 g/mol. The highest BCUT2D eigenvalue weighted by atomic mass is 16.2. The minimum absolute atomic E-state index is 0.0338. The van der Waals surface area contributed by atoms with Crippen molar-refractivity contribution >= 4 is 17.5 Å². The average Bonchev–Trinajstić information content (AvgIpc) is 3.03. The molecule has 3 rings (SSSR count). The number of carbonyl (C=O) groups is 2. The summed E-state index contributed by atoms with van der Waals surface area (Å²) in [5.41, 5.74) is 3.18. The van der Waals surface area contributed by atoms with Gasteiger partial charge in [0.15, 0.2) is 0 Å². The van der Waals surface area contributed by atoms with Crippen LogP contribution in [0, 0.1) is 0 Å². The van der Waals surface area contributed by atoms with Crippen molar-refractivity contribution in [3.8, 4) is 0 Å². The SMILES string of the molecule is CC(=O)N(CCC(=O)N1CCc2ccccc21)Cc1cccnc1. The number of para-hydroxylation sites is 1. The molecule has 0 aliphatic carbocycles. The van der Waals surface area contributed by atoms with Gasteiger partial charge in [0.05, 0.1) is 0 Å². The van der Waals surface area contributed by atoms with Crippen molar-refractivity contribution in [2.75, 3.05) is 18.0 Å². The van der Waals surface area contributed by atoms with Crippen molar-refractivity contribution in [1.82, 2.24) is 9.88 Å². The maximum atomic E-state index is 12.6. The van der Waals surface area contributed by atoms with Crippen LogP contribution in [-0.2, 0) is 22.6 Å². The standard InChI is InChI=1S/C19H21N3O2/c1-15(23)21(14-16-5-4-10-20-13-16)11-9-19(24)22-12-8-17-6-2-3-7-18(17)22/h2-7,10,13H,8-9,11-12,14H2,1H3. The Labute approximate surface area is 141 Å².